The van der Waals surface area contributed by atoms with Crippen LogP contribution in [0.5, 0.6) is 5.75 Å². The van der Waals surface area contributed by atoms with Gasteiger partial charge >= 0.3 is 5.69 Å². The van der Waals surface area contributed by atoms with Crippen molar-refractivity contribution in [2.75, 3.05) is 7.11 Å². The quantitative estimate of drug-likeness (QED) is 0.533. The predicted molar refractivity (Wildman–Crippen MR) is 108 cm³/mol. The zero-order valence-corrected chi connectivity index (χ0v) is 16.3. The van der Waals surface area contributed by atoms with Gasteiger partial charge in [0.25, 0.3) is 0 Å². The Bertz CT molecular complexity index is 1220. The minimum absolute atomic E-state index is 0.0260. The summed E-state index contributed by atoms with van der Waals surface area (Å²) in [5, 5.41) is 0.907. The molecule has 28 heavy (non-hydrogen) atoms. The van der Waals surface area contributed by atoms with Gasteiger partial charge in [0.2, 0.25) is 0 Å². The highest BCUT2D eigenvalue weighted by Crippen LogP contribution is 2.27. The van der Waals surface area contributed by atoms with Gasteiger partial charge in [-0.1, -0.05) is 18.2 Å². The van der Waals surface area contributed by atoms with Crippen molar-refractivity contribution in [1.82, 2.24) is 19.1 Å². The summed E-state index contributed by atoms with van der Waals surface area (Å²) < 4.78 is 14.4. The number of hydrogen-bond donors (Lipinski definition) is 0. The van der Waals surface area contributed by atoms with Crippen molar-refractivity contribution in [3.63, 3.8) is 0 Å². The van der Waals surface area contributed by atoms with Crippen molar-refractivity contribution in [3.05, 3.63) is 58.9 Å². The molecule has 0 N–H and O–H groups in total. The normalized spacial score (nSPS) is 11.6. The summed E-state index contributed by atoms with van der Waals surface area (Å²) in [7, 11) is 3.36. The van der Waals surface area contributed by atoms with Crippen LogP contribution < -0.4 is 10.4 Å². The van der Waals surface area contributed by atoms with Gasteiger partial charge in [0.1, 0.15) is 11.4 Å². The SMILES string of the molecule is COCc1ncc(-n2c(=O)n(C)c3cnc4ccccc4c32)cc1OC(C)C. The van der Waals surface area contributed by atoms with Crippen molar-refractivity contribution < 1.29 is 9.47 Å². The van der Waals surface area contributed by atoms with Gasteiger partial charge in [-0.05, 0) is 19.9 Å². The van der Waals surface area contributed by atoms with E-state index in [9.17, 15) is 4.79 Å². The molecule has 0 spiro atoms. The smallest absolute Gasteiger partial charge is 0.333 e. The second-order valence-corrected chi connectivity index (χ2v) is 6.92. The zero-order chi connectivity index (χ0) is 19.8. The summed E-state index contributed by atoms with van der Waals surface area (Å²) >= 11 is 0. The maximum absolute atomic E-state index is 13.1. The predicted octanol–water partition coefficient (Wildman–Crippen LogP) is 3.21. The van der Waals surface area contributed by atoms with Crippen LogP contribution in [-0.2, 0) is 18.4 Å². The molecule has 4 aromatic rings. The molecule has 0 bridgehead atoms. The summed E-state index contributed by atoms with van der Waals surface area (Å²) in [5.74, 6) is 0.608. The molecule has 144 valence electrons. The first-order valence-corrected chi connectivity index (χ1v) is 9.11. The molecule has 0 unspecified atom stereocenters. The third-order valence-corrected chi connectivity index (χ3v) is 4.61. The molecule has 0 radical (unpaired) electrons. The van der Waals surface area contributed by atoms with Crippen molar-refractivity contribution in [2.45, 2.75) is 26.6 Å². The molecule has 3 heterocycles. The zero-order valence-electron chi connectivity index (χ0n) is 16.3. The fraction of sp³-hybridized carbons (Fsp3) is 0.286. The lowest BCUT2D eigenvalue weighted by atomic mass is 10.2. The van der Waals surface area contributed by atoms with E-state index in [0.29, 0.717) is 23.7 Å². The molecule has 7 heteroatoms. The number of imidazole rings is 1. The molecular formula is C21H22N4O3. The van der Waals surface area contributed by atoms with Gasteiger partial charge in [-0.2, -0.15) is 0 Å². The van der Waals surface area contributed by atoms with Crippen LogP contribution >= 0.6 is 0 Å². The van der Waals surface area contributed by atoms with Gasteiger partial charge in [-0.25, -0.2) is 4.79 Å². The van der Waals surface area contributed by atoms with Crippen LogP contribution in [0.1, 0.15) is 19.5 Å². The monoisotopic (exact) mass is 378 g/mol. The summed E-state index contributed by atoms with van der Waals surface area (Å²) in [5.41, 5.74) is 3.56. The van der Waals surface area contributed by atoms with E-state index >= 15 is 0 Å². The number of benzene rings is 1. The van der Waals surface area contributed by atoms with E-state index < -0.39 is 0 Å². The molecule has 0 amide bonds. The first kappa shape index (κ1) is 18.2. The van der Waals surface area contributed by atoms with Crippen LogP contribution in [0, 0.1) is 0 Å². The second kappa shape index (κ2) is 7.09. The average Bonchev–Trinajstić information content (AvgIpc) is 2.94. The van der Waals surface area contributed by atoms with E-state index in [2.05, 4.69) is 9.97 Å². The first-order chi connectivity index (χ1) is 13.5. The van der Waals surface area contributed by atoms with Crippen LogP contribution in [-0.4, -0.2) is 32.3 Å². The van der Waals surface area contributed by atoms with Gasteiger partial charge in [-0.3, -0.25) is 19.1 Å². The van der Waals surface area contributed by atoms with Crippen molar-refractivity contribution in [2.24, 2.45) is 7.05 Å². The van der Waals surface area contributed by atoms with E-state index in [1.54, 1.807) is 35.7 Å². The fourth-order valence-corrected chi connectivity index (χ4v) is 3.37. The highest BCUT2D eigenvalue weighted by atomic mass is 16.5. The minimum Gasteiger partial charge on any atom is -0.489 e. The molecule has 0 saturated heterocycles. The number of para-hydroxylation sites is 1. The number of rotatable bonds is 5. The lowest BCUT2D eigenvalue weighted by molar-refractivity contribution is 0.170. The molecule has 4 rings (SSSR count). The Labute approximate surface area is 162 Å². The van der Waals surface area contributed by atoms with Crippen LogP contribution in [0.4, 0.5) is 0 Å². The molecule has 0 atom stereocenters. The number of ether oxygens (including phenoxy) is 2. The summed E-state index contributed by atoms with van der Waals surface area (Å²) in [6.07, 6.45) is 3.38. The van der Waals surface area contributed by atoms with Crippen molar-refractivity contribution in [1.29, 1.82) is 0 Å². The van der Waals surface area contributed by atoms with Gasteiger partial charge in [0.15, 0.2) is 0 Å². The average molecular weight is 378 g/mol. The van der Waals surface area contributed by atoms with Gasteiger partial charge in [-0.15, -0.1) is 0 Å². The highest BCUT2D eigenvalue weighted by molar-refractivity contribution is 6.02. The second-order valence-electron chi connectivity index (χ2n) is 6.92. The van der Waals surface area contributed by atoms with E-state index in [1.807, 2.05) is 44.2 Å². The third kappa shape index (κ3) is 2.93. The third-order valence-electron chi connectivity index (χ3n) is 4.61. The Morgan fingerprint density at radius 1 is 1.14 bits per heavy atom. The van der Waals surface area contributed by atoms with Crippen LogP contribution in [0.15, 0.2) is 47.5 Å². The number of hydrogen-bond acceptors (Lipinski definition) is 5. The van der Waals surface area contributed by atoms with E-state index in [1.165, 1.54) is 0 Å². The lowest BCUT2D eigenvalue weighted by Crippen LogP contribution is -2.21. The van der Waals surface area contributed by atoms with Crippen LogP contribution in [0.25, 0.3) is 27.6 Å². The van der Waals surface area contributed by atoms with Crippen LogP contribution in [0.2, 0.25) is 0 Å². The maximum Gasteiger partial charge on any atom is 0.333 e. The fourth-order valence-electron chi connectivity index (χ4n) is 3.37. The maximum atomic E-state index is 13.1. The number of nitrogens with zero attached hydrogens (tertiary/aromatic N) is 4. The summed E-state index contributed by atoms with van der Waals surface area (Å²) in [6, 6.07) is 9.63. The molecule has 0 aliphatic carbocycles. The Kier molecular flexibility index (Phi) is 4.60. The molecule has 0 aliphatic rings. The van der Waals surface area contributed by atoms with Gasteiger partial charge in [0, 0.05) is 25.6 Å². The van der Waals surface area contributed by atoms with Crippen molar-refractivity contribution >= 4 is 21.9 Å². The van der Waals surface area contributed by atoms with Crippen LogP contribution in [0.3, 0.4) is 0 Å². The Morgan fingerprint density at radius 2 is 1.93 bits per heavy atom. The number of aromatic nitrogens is 4. The van der Waals surface area contributed by atoms with Crippen molar-refractivity contribution in [3.8, 4) is 11.4 Å². The molecular weight excluding hydrogens is 356 g/mol. The van der Waals surface area contributed by atoms with Gasteiger partial charge < -0.3 is 9.47 Å². The van der Waals surface area contributed by atoms with Gasteiger partial charge in [0.05, 0.1) is 47.3 Å². The molecule has 0 aliphatic heterocycles. The molecule has 1 aromatic carbocycles. The summed E-state index contributed by atoms with van der Waals surface area (Å²) in [4.78, 5) is 22.1. The Morgan fingerprint density at radius 3 is 2.68 bits per heavy atom. The standard InChI is InChI=1S/C21H22N4O3/c1-13(2)28-19-9-14(10-22-17(19)12-27-4)25-20-15-7-5-6-8-16(15)23-11-18(20)24(3)21(25)26/h5-11,13H,12H2,1-4H3. The molecule has 0 saturated carbocycles. The van der Waals surface area contributed by atoms with E-state index in [4.69, 9.17) is 9.47 Å². The molecule has 3 aromatic heterocycles. The molecule has 7 nitrogen and oxygen atoms in total. The molecule has 0 fully saturated rings. The number of fused-ring (bicyclic) bond motifs is 3. The first-order valence-electron chi connectivity index (χ1n) is 9.11. The minimum atomic E-state index is -0.162. The highest BCUT2D eigenvalue weighted by Gasteiger charge is 2.18. The lowest BCUT2D eigenvalue weighted by Gasteiger charge is -2.15. The van der Waals surface area contributed by atoms with E-state index in [-0.39, 0.29) is 11.8 Å². The summed E-state index contributed by atoms with van der Waals surface area (Å²) in [6.45, 7) is 4.23. The Hall–Kier alpha value is -3.19. The van der Waals surface area contributed by atoms with E-state index in [0.717, 1.165) is 21.9 Å². The number of aryl methyl sites for hydroxylation is 1. The Balaban J connectivity index is 2.03. The number of pyridine rings is 2. The largest absolute Gasteiger partial charge is 0.489 e. The number of methoxy groups -OCH3 is 1. The topological polar surface area (TPSA) is 71.2 Å².